The van der Waals surface area contributed by atoms with Crippen molar-refractivity contribution in [2.24, 2.45) is 0 Å². The van der Waals surface area contributed by atoms with E-state index >= 15 is 0 Å². The Balaban J connectivity index is 1.24. The number of benzene rings is 2. The number of carbonyl (C=O) groups is 1. The fourth-order valence-electron chi connectivity index (χ4n) is 3.50. The number of hydrogen-bond acceptors (Lipinski definition) is 5. The van der Waals surface area contributed by atoms with Gasteiger partial charge in [0.05, 0.1) is 34.9 Å². The zero-order chi connectivity index (χ0) is 21.6. The van der Waals surface area contributed by atoms with Crippen LogP contribution >= 0.6 is 23.2 Å². The molecule has 31 heavy (non-hydrogen) atoms. The maximum Gasteiger partial charge on any atom is 0.226 e. The molecule has 0 spiro atoms. The number of ether oxygens (including phenoxy) is 1. The molecular formula is C23H23Cl2N3O3. The molecule has 2 heterocycles. The van der Waals surface area contributed by atoms with Crippen LogP contribution < -0.4 is 5.32 Å². The summed E-state index contributed by atoms with van der Waals surface area (Å²) < 4.78 is 11.3. The molecule has 1 amide bonds. The molecule has 1 saturated heterocycles. The van der Waals surface area contributed by atoms with Crippen LogP contribution in [0.2, 0.25) is 10.0 Å². The Kier molecular flexibility index (Phi) is 7.25. The molecule has 162 valence electrons. The summed E-state index contributed by atoms with van der Waals surface area (Å²) in [4.78, 5) is 19.0. The highest BCUT2D eigenvalue weighted by atomic mass is 35.5. The van der Waals surface area contributed by atoms with Gasteiger partial charge < -0.3 is 14.5 Å². The molecule has 0 aliphatic carbocycles. The van der Waals surface area contributed by atoms with Crippen molar-refractivity contribution in [3.05, 3.63) is 76.1 Å². The van der Waals surface area contributed by atoms with Crippen LogP contribution in [-0.4, -0.2) is 48.1 Å². The second-order valence-electron chi connectivity index (χ2n) is 7.47. The average molecular weight is 460 g/mol. The first kappa shape index (κ1) is 21.8. The molecule has 1 aromatic heterocycles. The molecule has 0 saturated carbocycles. The SMILES string of the molecule is O=C(Cc1coc(-c2ccccc2)n1)NCC1CN(Cc2ccc(Cl)c(Cl)c2)CCO1. The minimum Gasteiger partial charge on any atom is -0.444 e. The number of morpholine rings is 1. The lowest BCUT2D eigenvalue weighted by molar-refractivity contribution is -0.121. The second-order valence-corrected chi connectivity index (χ2v) is 8.28. The molecule has 0 radical (unpaired) electrons. The predicted molar refractivity (Wildman–Crippen MR) is 120 cm³/mol. The Morgan fingerprint density at radius 3 is 2.81 bits per heavy atom. The fraction of sp³-hybridized carbons (Fsp3) is 0.304. The fourth-order valence-corrected chi connectivity index (χ4v) is 3.82. The van der Waals surface area contributed by atoms with Gasteiger partial charge in [0, 0.05) is 31.7 Å². The van der Waals surface area contributed by atoms with Crippen molar-refractivity contribution in [2.75, 3.05) is 26.2 Å². The summed E-state index contributed by atoms with van der Waals surface area (Å²) >= 11 is 12.1. The molecule has 1 fully saturated rings. The minimum atomic E-state index is -0.113. The van der Waals surface area contributed by atoms with Crippen molar-refractivity contribution in [3.63, 3.8) is 0 Å². The highest BCUT2D eigenvalue weighted by Crippen LogP contribution is 2.23. The molecule has 1 aliphatic heterocycles. The standard InChI is InChI=1S/C23H23Cl2N3O3/c24-20-7-6-16(10-21(20)25)13-28-8-9-30-19(14-28)12-26-22(29)11-18-15-31-23(27-18)17-4-2-1-3-5-17/h1-7,10,15,19H,8-9,11-14H2,(H,26,29). The van der Waals surface area contributed by atoms with E-state index in [0.29, 0.717) is 34.8 Å². The lowest BCUT2D eigenvalue weighted by atomic mass is 10.2. The predicted octanol–water partition coefficient (Wildman–Crippen LogP) is 4.21. The number of aromatic nitrogens is 1. The molecule has 2 aromatic carbocycles. The second kappa shape index (κ2) is 10.3. The Bertz CT molecular complexity index is 1030. The average Bonchev–Trinajstić information content (AvgIpc) is 3.24. The van der Waals surface area contributed by atoms with Gasteiger partial charge in [0.2, 0.25) is 11.8 Å². The van der Waals surface area contributed by atoms with Crippen LogP contribution in [0, 0.1) is 0 Å². The smallest absolute Gasteiger partial charge is 0.226 e. The van der Waals surface area contributed by atoms with Crippen molar-refractivity contribution in [1.82, 2.24) is 15.2 Å². The van der Waals surface area contributed by atoms with Crippen LogP contribution in [0.5, 0.6) is 0 Å². The van der Waals surface area contributed by atoms with Gasteiger partial charge in [-0.05, 0) is 29.8 Å². The van der Waals surface area contributed by atoms with E-state index in [2.05, 4.69) is 15.2 Å². The molecule has 1 unspecified atom stereocenters. The third-order valence-corrected chi connectivity index (χ3v) is 5.79. The monoisotopic (exact) mass is 459 g/mol. The van der Waals surface area contributed by atoms with Crippen molar-refractivity contribution < 1.29 is 13.9 Å². The number of hydrogen-bond donors (Lipinski definition) is 1. The van der Waals surface area contributed by atoms with Crippen molar-refractivity contribution in [1.29, 1.82) is 0 Å². The van der Waals surface area contributed by atoms with Gasteiger partial charge in [-0.2, -0.15) is 0 Å². The van der Waals surface area contributed by atoms with Crippen LogP contribution in [0.15, 0.2) is 59.2 Å². The number of halogens is 2. The van der Waals surface area contributed by atoms with Gasteiger partial charge in [-0.15, -0.1) is 0 Å². The highest BCUT2D eigenvalue weighted by molar-refractivity contribution is 6.42. The normalized spacial score (nSPS) is 16.9. The van der Waals surface area contributed by atoms with E-state index in [1.165, 1.54) is 6.26 Å². The topological polar surface area (TPSA) is 67.6 Å². The largest absolute Gasteiger partial charge is 0.444 e. The van der Waals surface area contributed by atoms with E-state index < -0.39 is 0 Å². The van der Waals surface area contributed by atoms with Crippen LogP contribution in [-0.2, 0) is 22.5 Å². The number of carbonyl (C=O) groups excluding carboxylic acids is 1. The van der Waals surface area contributed by atoms with Crippen molar-refractivity contribution in [2.45, 2.75) is 19.1 Å². The zero-order valence-electron chi connectivity index (χ0n) is 16.9. The molecule has 8 heteroatoms. The first-order valence-electron chi connectivity index (χ1n) is 10.1. The molecular weight excluding hydrogens is 437 g/mol. The Morgan fingerprint density at radius 1 is 1.16 bits per heavy atom. The van der Waals surface area contributed by atoms with Crippen LogP contribution in [0.4, 0.5) is 0 Å². The Hall–Kier alpha value is -2.38. The zero-order valence-corrected chi connectivity index (χ0v) is 18.4. The summed E-state index contributed by atoms with van der Waals surface area (Å²) in [5.74, 6) is 0.398. The van der Waals surface area contributed by atoms with E-state index in [1.54, 1.807) is 0 Å². The van der Waals surface area contributed by atoms with Gasteiger partial charge in [0.1, 0.15) is 6.26 Å². The summed E-state index contributed by atoms with van der Waals surface area (Å²) in [6.45, 7) is 3.37. The first-order valence-corrected chi connectivity index (χ1v) is 10.9. The Morgan fingerprint density at radius 2 is 2.00 bits per heavy atom. The van der Waals surface area contributed by atoms with Gasteiger partial charge >= 0.3 is 0 Å². The lowest BCUT2D eigenvalue weighted by Crippen LogP contribution is -2.47. The third-order valence-electron chi connectivity index (χ3n) is 5.05. The number of nitrogens with zero attached hydrogens (tertiary/aromatic N) is 2. The summed E-state index contributed by atoms with van der Waals surface area (Å²) in [5.41, 5.74) is 2.58. The van der Waals surface area contributed by atoms with Gasteiger partial charge in [0.25, 0.3) is 0 Å². The highest BCUT2D eigenvalue weighted by Gasteiger charge is 2.21. The summed E-state index contributed by atoms with van der Waals surface area (Å²) in [5, 5.41) is 4.05. The third kappa shape index (κ3) is 6.08. The molecule has 4 rings (SSSR count). The molecule has 0 bridgehead atoms. The minimum absolute atomic E-state index is 0.0716. The first-order chi connectivity index (χ1) is 15.1. The van der Waals surface area contributed by atoms with Gasteiger partial charge in [-0.25, -0.2) is 4.98 Å². The number of amides is 1. The molecule has 6 nitrogen and oxygen atoms in total. The van der Waals surface area contributed by atoms with E-state index in [9.17, 15) is 4.79 Å². The molecule has 1 N–H and O–H groups in total. The molecule has 1 atom stereocenters. The van der Waals surface area contributed by atoms with Gasteiger partial charge in [-0.1, -0.05) is 47.5 Å². The number of nitrogens with one attached hydrogen (secondary N) is 1. The number of oxazole rings is 1. The van der Waals surface area contributed by atoms with Crippen LogP contribution in [0.1, 0.15) is 11.3 Å². The van der Waals surface area contributed by atoms with Gasteiger partial charge in [-0.3, -0.25) is 9.69 Å². The van der Waals surface area contributed by atoms with E-state index in [4.69, 9.17) is 32.4 Å². The molecule has 1 aliphatic rings. The van der Waals surface area contributed by atoms with Crippen molar-refractivity contribution >= 4 is 29.1 Å². The Labute approximate surface area is 191 Å². The maximum atomic E-state index is 12.4. The van der Waals surface area contributed by atoms with Crippen LogP contribution in [0.25, 0.3) is 11.5 Å². The van der Waals surface area contributed by atoms with Gasteiger partial charge in [0.15, 0.2) is 0 Å². The van der Waals surface area contributed by atoms with E-state index in [-0.39, 0.29) is 18.4 Å². The summed E-state index contributed by atoms with van der Waals surface area (Å²) in [6, 6.07) is 15.3. The number of rotatable bonds is 7. The van der Waals surface area contributed by atoms with Crippen molar-refractivity contribution in [3.8, 4) is 11.5 Å². The quantitative estimate of drug-likeness (QED) is 0.572. The lowest BCUT2D eigenvalue weighted by Gasteiger charge is -2.33. The van der Waals surface area contributed by atoms with E-state index in [1.807, 2.05) is 48.5 Å². The molecule has 3 aromatic rings. The summed E-state index contributed by atoms with van der Waals surface area (Å²) in [6.07, 6.45) is 1.62. The maximum absolute atomic E-state index is 12.4. The van der Waals surface area contributed by atoms with E-state index in [0.717, 1.165) is 30.8 Å². The van der Waals surface area contributed by atoms with Crippen LogP contribution in [0.3, 0.4) is 0 Å². The summed E-state index contributed by atoms with van der Waals surface area (Å²) in [7, 11) is 0.